The Hall–Kier alpha value is -0.450. The van der Waals surface area contributed by atoms with E-state index in [4.69, 9.17) is 4.74 Å². The number of aliphatic hydroxyl groups is 1. The van der Waals surface area contributed by atoms with E-state index in [9.17, 15) is 9.50 Å². The predicted octanol–water partition coefficient (Wildman–Crippen LogP) is 4.22. The smallest absolute Gasteiger partial charge is 0.143 e. The minimum absolute atomic E-state index is 0.312. The van der Waals surface area contributed by atoms with Crippen molar-refractivity contribution in [2.24, 2.45) is 5.92 Å². The number of methoxy groups -OCH3 is 1. The quantitative estimate of drug-likeness (QED) is 0.895. The summed E-state index contributed by atoms with van der Waals surface area (Å²) in [4.78, 5) is 0. The molecule has 1 fully saturated rings. The lowest BCUT2D eigenvalue weighted by Crippen LogP contribution is -2.31. The van der Waals surface area contributed by atoms with Crippen LogP contribution >= 0.6 is 15.9 Å². The first-order valence-electron chi connectivity index (χ1n) is 6.80. The fourth-order valence-electron chi connectivity index (χ4n) is 2.97. The van der Waals surface area contributed by atoms with E-state index in [-0.39, 0.29) is 6.10 Å². The van der Waals surface area contributed by atoms with Crippen molar-refractivity contribution >= 4 is 15.9 Å². The van der Waals surface area contributed by atoms with Crippen molar-refractivity contribution < 1.29 is 14.2 Å². The first kappa shape index (κ1) is 14.9. The molecule has 2 nitrogen and oxygen atoms in total. The normalized spacial score (nSPS) is 20.2. The van der Waals surface area contributed by atoms with Crippen molar-refractivity contribution in [1.29, 1.82) is 0 Å². The molecule has 2 unspecified atom stereocenters. The largest absolute Gasteiger partial charge is 0.386 e. The Kier molecular flexibility index (Phi) is 5.37. The maximum Gasteiger partial charge on any atom is 0.143 e. The zero-order valence-corrected chi connectivity index (χ0v) is 12.7. The van der Waals surface area contributed by atoms with Gasteiger partial charge in [-0.25, -0.2) is 4.39 Å². The van der Waals surface area contributed by atoms with Crippen molar-refractivity contribution in [1.82, 2.24) is 0 Å². The van der Waals surface area contributed by atoms with Gasteiger partial charge in [0.1, 0.15) is 11.9 Å². The Morgan fingerprint density at radius 2 is 2.00 bits per heavy atom. The molecule has 1 aliphatic carbocycles. The van der Waals surface area contributed by atoms with Gasteiger partial charge in [-0.1, -0.05) is 31.4 Å². The van der Waals surface area contributed by atoms with Gasteiger partial charge in [0.05, 0.1) is 10.6 Å². The molecule has 2 rings (SSSR count). The Labute approximate surface area is 122 Å². The highest BCUT2D eigenvalue weighted by molar-refractivity contribution is 9.10. The fourth-order valence-corrected chi connectivity index (χ4v) is 3.35. The predicted molar refractivity (Wildman–Crippen MR) is 76.4 cm³/mol. The molecule has 0 bridgehead atoms. The summed E-state index contributed by atoms with van der Waals surface area (Å²) >= 11 is 3.15. The average molecular weight is 331 g/mol. The Bertz CT molecular complexity index is 419. The molecule has 19 heavy (non-hydrogen) atoms. The van der Waals surface area contributed by atoms with E-state index in [0.29, 0.717) is 16.0 Å². The highest BCUT2D eigenvalue weighted by Crippen LogP contribution is 2.35. The molecule has 1 aromatic carbocycles. The molecule has 106 valence electrons. The average Bonchev–Trinajstić information content (AvgIpc) is 2.44. The summed E-state index contributed by atoms with van der Waals surface area (Å²) in [5.41, 5.74) is 0.312. The van der Waals surface area contributed by atoms with Crippen molar-refractivity contribution in [2.45, 2.75) is 44.3 Å². The topological polar surface area (TPSA) is 29.5 Å². The number of aliphatic hydroxyl groups excluding tert-OH is 1. The third-order valence-electron chi connectivity index (χ3n) is 4.00. The van der Waals surface area contributed by atoms with Crippen LogP contribution in [0, 0.1) is 11.7 Å². The SMILES string of the molecule is COC(C1CCCCC1)C(O)c1cccc(Br)c1F. The zero-order valence-electron chi connectivity index (χ0n) is 11.1. The van der Waals surface area contributed by atoms with Crippen LogP contribution in [0.5, 0.6) is 0 Å². The second-order valence-electron chi connectivity index (χ2n) is 5.19. The monoisotopic (exact) mass is 330 g/mol. The van der Waals surface area contributed by atoms with E-state index in [2.05, 4.69) is 15.9 Å². The second kappa shape index (κ2) is 6.82. The first-order valence-corrected chi connectivity index (χ1v) is 7.59. The molecule has 0 spiro atoms. The van der Waals surface area contributed by atoms with Gasteiger partial charge in [-0.3, -0.25) is 0 Å². The Morgan fingerprint density at radius 3 is 2.63 bits per heavy atom. The van der Waals surface area contributed by atoms with E-state index in [1.54, 1.807) is 25.3 Å². The van der Waals surface area contributed by atoms with Gasteiger partial charge in [0.2, 0.25) is 0 Å². The van der Waals surface area contributed by atoms with E-state index in [0.717, 1.165) is 25.7 Å². The van der Waals surface area contributed by atoms with E-state index < -0.39 is 11.9 Å². The molecule has 4 heteroatoms. The maximum atomic E-state index is 14.1. The minimum atomic E-state index is -0.911. The van der Waals surface area contributed by atoms with Crippen LogP contribution in [0.1, 0.15) is 43.8 Å². The molecule has 1 N–H and O–H groups in total. The summed E-state index contributed by atoms with van der Waals surface area (Å²) in [6, 6.07) is 4.99. The minimum Gasteiger partial charge on any atom is -0.386 e. The second-order valence-corrected chi connectivity index (χ2v) is 6.04. The van der Waals surface area contributed by atoms with Gasteiger partial charge < -0.3 is 9.84 Å². The summed E-state index contributed by atoms with van der Waals surface area (Å²) in [7, 11) is 1.60. The van der Waals surface area contributed by atoms with Crippen LogP contribution < -0.4 is 0 Å². The summed E-state index contributed by atoms with van der Waals surface area (Å²) < 4.78 is 19.9. The molecule has 2 atom stereocenters. The van der Waals surface area contributed by atoms with Gasteiger partial charge in [0.15, 0.2) is 0 Å². The van der Waals surface area contributed by atoms with Gasteiger partial charge in [0, 0.05) is 12.7 Å². The number of halogens is 2. The molecular weight excluding hydrogens is 311 g/mol. The van der Waals surface area contributed by atoms with Crippen LogP contribution in [0.15, 0.2) is 22.7 Å². The van der Waals surface area contributed by atoms with Crippen LogP contribution in [0.25, 0.3) is 0 Å². The van der Waals surface area contributed by atoms with Crippen molar-refractivity contribution in [3.05, 3.63) is 34.1 Å². The highest BCUT2D eigenvalue weighted by Gasteiger charge is 2.32. The van der Waals surface area contributed by atoms with Crippen molar-refractivity contribution in [3.63, 3.8) is 0 Å². The highest BCUT2D eigenvalue weighted by atomic mass is 79.9. The van der Waals surface area contributed by atoms with Gasteiger partial charge in [-0.15, -0.1) is 0 Å². The third-order valence-corrected chi connectivity index (χ3v) is 4.61. The molecule has 1 saturated carbocycles. The fraction of sp³-hybridized carbons (Fsp3) is 0.600. The van der Waals surface area contributed by atoms with Crippen LogP contribution in [-0.4, -0.2) is 18.3 Å². The zero-order chi connectivity index (χ0) is 13.8. The lowest BCUT2D eigenvalue weighted by molar-refractivity contribution is -0.0571. The lowest BCUT2D eigenvalue weighted by Gasteiger charge is -2.32. The first-order chi connectivity index (χ1) is 9.15. The summed E-state index contributed by atoms with van der Waals surface area (Å²) in [5, 5.41) is 10.5. The van der Waals surface area contributed by atoms with E-state index in [1.165, 1.54) is 6.42 Å². The molecule has 0 aromatic heterocycles. The standard InChI is InChI=1S/C15H20BrFO2/c1-19-15(10-6-3-2-4-7-10)14(18)11-8-5-9-12(16)13(11)17/h5,8-10,14-15,18H,2-4,6-7H2,1H3. The molecule has 0 amide bonds. The van der Waals surface area contributed by atoms with Crippen LogP contribution in [-0.2, 0) is 4.74 Å². The summed E-state index contributed by atoms with van der Waals surface area (Å²) in [6.07, 6.45) is 4.43. The molecule has 0 aliphatic heterocycles. The van der Waals surface area contributed by atoms with Crippen LogP contribution in [0.4, 0.5) is 4.39 Å². The van der Waals surface area contributed by atoms with Gasteiger partial charge in [-0.2, -0.15) is 0 Å². The van der Waals surface area contributed by atoms with Crippen LogP contribution in [0.3, 0.4) is 0 Å². The Morgan fingerprint density at radius 1 is 1.32 bits per heavy atom. The number of ether oxygens (including phenoxy) is 1. The number of benzene rings is 1. The van der Waals surface area contributed by atoms with Gasteiger partial charge in [0.25, 0.3) is 0 Å². The summed E-state index contributed by atoms with van der Waals surface area (Å²) in [5.74, 6) is -0.0833. The number of rotatable bonds is 4. The number of hydrogen-bond donors (Lipinski definition) is 1. The van der Waals surface area contributed by atoms with Crippen molar-refractivity contribution in [3.8, 4) is 0 Å². The van der Waals surface area contributed by atoms with Gasteiger partial charge in [-0.05, 0) is 40.8 Å². The number of hydrogen-bond acceptors (Lipinski definition) is 2. The Balaban J connectivity index is 2.19. The van der Waals surface area contributed by atoms with Gasteiger partial charge >= 0.3 is 0 Å². The molecule has 0 heterocycles. The maximum absolute atomic E-state index is 14.1. The molecule has 0 radical (unpaired) electrons. The van der Waals surface area contributed by atoms with E-state index >= 15 is 0 Å². The third kappa shape index (κ3) is 3.36. The van der Waals surface area contributed by atoms with Crippen molar-refractivity contribution in [2.75, 3.05) is 7.11 Å². The summed E-state index contributed by atoms with van der Waals surface area (Å²) in [6.45, 7) is 0. The molecular formula is C15H20BrFO2. The lowest BCUT2D eigenvalue weighted by atomic mass is 9.82. The van der Waals surface area contributed by atoms with Crippen LogP contribution in [0.2, 0.25) is 0 Å². The molecule has 1 aliphatic rings. The molecule has 1 aromatic rings. The molecule has 0 saturated heterocycles. The van der Waals surface area contributed by atoms with E-state index in [1.807, 2.05) is 0 Å².